The third kappa shape index (κ3) is 4.20. The molecule has 0 aliphatic carbocycles. The summed E-state index contributed by atoms with van der Waals surface area (Å²) in [6.07, 6.45) is 5.87. The zero-order valence-corrected chi connectivity index (χ0v) is 10.9. The van der Waals surface area contributed by atoms with Gasteiger partial charge in [0.25, 0.3) is 0 Å². The number of aromatic nitrogens is 4. The van der Waals surface area contributed by atoms with E-state index in [1.54, 1.807) is 0 Å². The molecule has 0 saturated heterocycles. The highest BCUT2D eigenvalue weighted by Gasteiger charge is 1.96. The highest BCUT2D eigenvalue weighted by Crippen LogP contribution is 1.94. The summed E-state index contributed by atoms with van der Waals surface area (Å²) in [5.41, 5.74) is 2.27. The van der Waals surface area contributed by atoms with Crippen LogP contribution in [-0.2, 0) is 20.1 Å². The average molecular weight is 256 g/mol. The first-order valence-corrected chi connectivity index (χ1v) is 5.42. The van der Waals surface area contributed by atoms with Crippen molar-refractivity contribution < 1.29 is 0 Å². The van der Waals surface area contributed by atoms with Gasteiger partial charge in [-0.05, 0) is 18.6 Å². The van der Waals surface area contributed by atoms with E-state index in [-0.39, 0.29) is 12.4 Å². The molecule has 0 unspecified atom stereocenters. The van der Waals surface area contributed by atoms with E-state index >= 15 is 0 Å². The first-order chi connectivity index (χ1) is 7.74. The number of hydrogen-bond donors (Lipinski definition) is 1. The Balaban J connectivity index is 0.00000144. The van der Waals surface area contributed by atoms with Crippen LogP contribution in [0.1, 0.15) is 11.3 Å². The van der Waals surface area contributed by atoms with Crippen LogP contribution in [0.5, 0.6) is 0 Å². The molecule has 0 spiro atoms. The predicted molar refractivity (Wildman–Crippen MR) is 69.1 cm³/mol. The summed E-state index contributed by atoms with van der Waals surface area (Å²) in [6.45, 7) is 4.64. The highest BCUT2D eigenvalue weighted by molar-refractivity contribution is 5.85. The summed E-state index contributed by atoms with van der Waals surface area (Å²) in [5, 5.41) is 11.8. The maximum atomic E-state index is 4.29. The third-order valence-corrected chi connectivity index (χ3v) is 2.35. The molecule has 2 aromatic heterocycles. The standard InChI is InChI=1S/C11H17N5.ClH/c1-10-7-13-16(9-10)6-4-12-8-11-3-5-15(2)14-11;/h3,5,7,9,12H,4,6,8H2,1-2H3;1H. The summed E-state index contributed by atoms with van der Waals surface area (Å²) in [6, 6.07) is 2.02. The third-order valence-electron chi connectivity index (χ3n) is 2.35. The van der Waals surface area contributed by atoms with Crippen LogP contribution in [0, 0.1) is 6.92 Å². The molecule has 1 N–H and O–H groups in total. The van der Waals surface area contributed by atoms with Crippen LogP contribution >= 0.6 is 12.4 Å². The van der Waals surface area contributed by atoms with E-state index in [0.29, 0.717) is 0 Å². The second kappa shape index (κ2) is 6.42. The second-order valence-electron chi connectivity index (χ2n) is 3.94. The minimum absolute atomic E-state index is 0. The molecule has 2 heterocycles. The normalized spacial score (nSPS) is 10.2. The highest BCUT2D eigenvalue weighted by atomic mass is 35.5. The predicted octanol–water partition coefficient (Wildman–Crippen LogP) is 1.14. The molecule has 2 rings (SSSR count). The Kier molecular flexibility index (Phi) is 5.18. The Bertz CT molecular complexity index is 406. The van der Waals surface area contributed by atoms with Crippen LogP contribution in [0.25, 0.3) is 0 Å². The van der Waals surface area contributed by atoms with E-state index in [1.165, 1.54) is 5.56 Å². The van der Waals surface area contributed by atoms with Crippen molar-refractivity contribution in [3.05, 3.63) is 35.9 Å². The fourth-order valence-corrected chi connectivity index (χ4v) is 1.56. The Labute approximate surface area is 107 Å². The minimum Gasteiger partial charge on any atom is -0.309 e. The minimum atomic E-state index is 0. The van der Waals surface area contributed by atoms with Gasteiger partial charge in [0.1, 0.15) is 0 Å². The number of hydrogen-bond acceptors (Lipinski definition) is 3. The molecule has 94 valence electrons. The second-order valence-corrected chi connectivity index (χ2v) is 3.94. The van der Waals surface area contributed by atoms with E-state index < -0.39 is 0 Å². The molecular weight excluding hydrogens is 238 g/mol. The number of nitrogens with zero attached hydrogens (tertiary/aromatic N) is 4. The van der Waals surface area contributed by atoms with Gasteiger partial charge in [0.15, 0.2) is 0 Å². The molecule has 0 amide bonds. The lowest BCUT2D eigenvalue weighted by atomic mass is 10.4. The van der Waals surface area contributed by atoms with Crippen LogP contribution in [0.15, 0.2) is 24.7 Å². The summed E-state index contributed by atoms with van der Waals surface area (Å²) < 4.78 is 3.76. The van der Waals surface area contributed by atoms with Crippen LogP contribution in [-0.4, -0.2) is 26.1 Å². The van der Waals surface area contributed by atoms with Crippen molar-refractivity contribution in [3.63, 3.8) is 0 Å². The smallest absolute Gasteiger partial charge is 0.0762 e. The molecule has 17 heavy (non-hydrogen) atoms. The van der Waals surface area contributed by atoms with Crippen LogP contribution in [0.4, 0.5) is 0 Å². The summed E-state index contributed by atoms with van der Waals surface area (Å²) in [7, 11) is 1.93. The van der Waals surface area contributed by atoms with E-state index in [2.05, 4.69) is 15.5 Å². The number of halogens is 1. The molecule has 0 aliphatic heterocycles. The Morgan fingerprint density at radius 2 is 2.24 bits per heavy atom. The van der Waals surface area contributed by atoms with Gasteiger partial charge in [-0.2, -0.15) is 10.2 Å². The van der Waals surface area contributed by atoms with Crippen molar-refractivity contribution in [2.24, 2.45) is 7.05 Å². The van der Waals surface area contributed by atoms with E-state index in [0.717, 1.165) is 25.3 Å². The molecule has 0 bridgehead atoms. The Morgan fingerprint density at radius 1 is 1.41 bits per heavy atom. The molecule has 0 atom stereocenters. The SMILES string of the molecule is Cc1cnn(CCNCc2ccn(C)n2)c1.Cl. The van der Waals surface area contributed by atoms with E-state index in [9.17, 15) is 0 Å². The van der Waals surface area contributed by atoms with Gasteiger partial charge >= 0.3 is 0 Å². The van der Waals surface area contributed by atoms with Crippen molar-refractivity contribution in [3.8, 4) is 0 Å². The van der Waals surface area contributed by atoms with Crippen LogP contribution in [0.3, 0.4) is 0 Å². The van der Waals surface area contributed by atoms with Crippen molar-refractivity contribution >= 4 is 12.4 Å². The number of rotatable bonds is 5. The largest absolute Gasteiger partial charge is 0.309 e. The molecular formula is C11H18ClN5. The van der Waals surface area contributed by atoms with Gasteiger partial charge in [0.2, 0.25) is 0 Å². The maximum Gasteiger partial charge on any atom is 0.0762 e. The molecule has 6 heteroatoms. The number of aryl methyl sites for hydroxylation is 2. The van der Waals surface area contributed by atoms with Gasteiger partial charge in [-0.1, -0.05) is 0 Å². The maximum absolute atomic E-state index is 4.29. The van der Waals surface area contributed by atoms with Crippen LogP contribution in [0.2, 0.25) is 0 Å². The van der Waals surface area contributed by atoms with Gasteiger partial charge in [0.05, 0.1) is 18.4 Å². The molecule has 0 fully saturated rings. The van der Waals surface area contributed by atoms with Crippen molar-refractivity contribution in [2.45, 2.75) is 20.0 Å². The lowest BCUT2D eigenvalue weighted by Gasteiger charge is -2.02. The first-order valence-electron chi connectivity index (χ1n) is 5.42. The summed E-state index contributed by atoms with van der Waals surface area (Å²) >= 11 is 0. The molecule has 2 aromatic rings. The first kappa shape index (κ1) is 13.7. The zero-order chi connectivity index (χ0) is 11.4. The van der Waals surface area contributed by atoms with Crippen molar-refractivity contribution in [1.29, 1.82) is 0 Å². The molecule has 0 aliphatic rings. The quantitative estimate of drug-likeness (QED) is 0.815. The van der Waals surface area contributed by atoms with Crippen molar-refractivity contribution in [2.75, 3.05) is 6.54 Å². The van der Waals surface area contributed by atoms with Gasteiger partial charge in [0, 0.05) is 32.5 Å². The molecule has 0 aromatic carbocycles. The molecule has 0 radical (unpaired) electrons. The Hall–Kier alpha value is -1.33. The lowest BCUT2D eigenvalue weighted by molar-refractivity contribution is 0.549. The van der Waals surface area contributed by atoms with E-state index in [4.69, 9.17) is 0 Å². The summed E-state index contributed by atoms with van der Waals surface area (Å²) in [4.78, 5) is 0. The van der Waals surface area contributed by atoms with Gasteiger partial charge in [-0.3, -0.25) is 9.36 Å². The van der Waals surface area contributed by atoms with E-state index in [1.807, 2.05) is 48.0 Å². The van der Waals surface area contributed by atoms with Crippen molar-refractivity contribution in [1.82, 2.24) is 24.9 Å². The molecule has 5 nitrogen and oxygen atoms in total. The molecule has 0 saturated carbocycles. The number of nitrogens with one attached hydrogen (secondary N) is 1. The average Bonchev–Trinajstić information content (AvgIpc) is 2.83. The monoisotopic (exact) mass is 255 g/mol. The van der Waals surface area contributed by atoms with Gasteiger partial charge in [-0.15, -0.1) is 12.4 Å². The fourth-order valence-electron chi connectivity index (χ4n) is 1.56. The van der Waals surface area contributed by atoms with Crippen LogP contribution < -0.4 is 5.32 Å². The lowest BCUT2D eigenvalue weighted by Crippen LogP contribution is -2.20. The summed E-state index contributed by atoms with van der Waals surface area (Å²) in [5.74, 6) is 0. The topological polar surface area (TPSA) is 47.7 Å². The Morgan fingerprint density at radius 3 is 2.82 bits per heavy atom. The zero-order valence-electron chi connectivity index (χ0n) is 10.1. The van der Waals surface area contributed by atoms with Gasteiger partial charge in [-0.25, -0.2) is 0 Å². The fraction of sp³-hybridized carbons (Fsp3) is 0.455. The van der Waals surface area contributed by atoms with Gasteiger partial charge < -0.3 is 5.32 Å².